The number of thioether (sulfide) groups is 1. The number of carbonyl (C=O) groups excluding carboxylic acids is 1. The maximum Gasteiger partial charge on any atom is 0.277 e. The molecule has 2 aromatic heterocycles. The van der Waals surface area contributed by atoms with E-state index in [0.29, 0.717) is 23.6 Å². The van der Waals surface area contributed by atoms with Crippen LogP contribution in [0.5, 0.6) is 0 Å². The first-order valence-electron chi connectivity index (χ1n) is 6.93. The number of aromatic nitrogens is 2. The molecule has 3 rings (SSSR count). The number of furan rings is 1. The highest BCUT2D eigenvalue weighted by Gasteiger charge is 2.28. The van der Waals surface area contributed by atoms with Crippen molar-refractivity contribution in [1.82, 2.24) is 15.5 Å². The first-order valence-corrected chi connectivity index (χ1v) is 9.74. The molecule has 3 heterocycles. The van der Waals surface area contributed by atoms with Gasteiger partial charge in [-0.05, 0) is 19.4 Å². The van der Waals surface area contributed by atoms with Crippen molar-refractivity contribution < 1.29 is 22.0 Å². The van der Waals surface area contributed by atoms with Gasteiger partial charge in [0.25, 0.3) is 11.1 Å². The number of sulfone groups is 1. The quantitative estimate of drug-likeness (QED) is 0.789. The van der Waals surface area contributed by atoms with Gasteiger partial charge in [0.1, 0.15) is 5.76 Å². The Morgan fingerprint density at radius 2 is 2.30 bits per heavy atom. The van der Waals surface area contributed by atoms with Gasteiger partial charge in [0.2, 0.25) is 5.91 Å². The van der Waals surface area contributed by atoms with E-state index in [4.69, 9.17) is 8.83 Å². The minimum atomic E-state index is -3.01. The topological polar surface area (TPSA) is 115 Å². The van der Waals surface area contributed by atoms with Gasteiger partial charge in [-0.1, -0.05) is 11.8 Å². The normalized spacial score (nSPS) is 19.8. The van der Waals surface area contributed by atoms with E-state index in [-0.39, 0.29) is 34.4 Å². The fourth-order valence-electron chi connectivity index (χ4n) is 2.29. The van der Waals surface area contributed by atoms with Crippen molar-refractivity contribution in [2.75, 3.05) is 17.3 Å². The fraction of sp³-hybridized carbons (Fsp3) is 0.462. The summed E-state index contributed by atoms with van der Waals surface area (Å²) in [6.45, 7) is 1.79. The Labute approximate surface area is 136 Å². The Morgan fingerprint density at radius 3 is 2.96 bits per heavy atom. The molecule has 23 heavy (non-hydrogen) atoms. The predicted octanol–water partition coefficient (Wildman–Crippen LogP) is 1.03. The van der Waals surface area contributed by atoms with Gasteiger partial charge < -0.3 is 14.2 Å². The Kier molecular flexibility index (Phi) is 4.44. The molecule has 10 heteroatoms. The Balaban J connectivity index is 1.52. The smallest absolute Gasteiger partial charge is 0.277 e. The molecule has 0 unspecified atom stereocenters. The Morgan fingerprint density at radius 1 is 1.48 bits per heavy atom. The minimum Gasteiger partial charge on any atom is -0.469 e. The molecule has 8 nitrogen and oxygen atoms in total. The molecule has 0 aromatic carbocycles. The van der Waals surface area contributed by atoms with E-state index < -0.39 is 9.84 Å². The summed E-state index contributed by atoms with van der Waals surface area (Å²) in [6.07, 6.45) is 1.99. The number of rotatable bonds is 5. The number of amides is 1. The molecular weight excluding hydrogens is 342 g/mol. The van der Waals surface area contributed by atoms with Crippen molar-refractivity contribution in [3.05, 3.63) is 18.1 Å². The molecule has 1 fully saturated rings. The van der Waals surface area contributed by atoms with Gasteiger partial charge in [-0.2, -0.15) is 0 Å². The number of hydrogen-bond donors (Lipinski definition) is 1. The Bertz CT molecular complexity index is 811. The van der Waals surface area contributed by atoms with E-state index in [1.54, 1.807) is 13.0 Å². The molecule has 1 amide bonds. The van der Waals surface area contributed by atoms with E-state index in [2.05, 4.69) is 15.5 Å². The summed E-state index contributed by atoms with van der Waals surface area (Å²) in [5.41, 5.74) is 0.713. The molecule has 0 bridgehead atoms. The average molecular weight is 357 g/mol. The monoisotopic (exact) mass is 357 g/mol. The third-order valence-electron chi connectivity index (χ3n) is 3.42. The molecule has 0 radical (unpaired) electrons. The third-order valence-corrected chi connectivity index (χ3v) is 6.01. The maximum atomic E-state index is 11.8. The molecular formula is C13H15N3O5S2. The van der Waals surface area contributed by atoms with Crippen molar-refractivity contribution in [3.63, 3.8) is 0 Å². The SMILES string of the molecule is Cc1occc1-c1nnc(SCC(=O)N[C@H]2CCS(=O)(=O)C2)o1. The number of hydrogen-bond acceptors (Lipinski definition) is 8. The molecule has 2 aromatic rings. The zero-order valence-corrected chi connectivity index (χ0v) is 13.9. The van der Waals surface area contributed by atoms with Crippen LogP contribution in [-0.4, -0.2) is 47.8 Å². The van der Waals surface area contributed by atoms with E-state index >= 15 is 0 Å². The maximum absolute atomic E-state index is 11.8. The first kappa shape index (κ1) is 16.1. The predicted molar refractivity (Wildman–Crippen MR) is 82.7 cm³/mol. The second-order valence-electron chi connectivity index (χ2n) is 5.22. The standard InChI is InChI=1S/C13H15N3O5S2/c1-8-10(2-4-20-8)12-15-16-13(21-12)22-6-11(17)14-9-3-5-23(18,19)7-9/h2,4,9H,3,5-7H2,1H3,(H,14,17)/t9-/m0/s1. The summed E-state index contributed by atoms with van der Waals surface area (Å²) in [5, 5.41) is 10.8. The molecule has 124 valence electrons. The number of nitrogens with zero attached hydrogens (tertiary/aromatic N) is 2. The summed E-state index contributed by atoms with van der Waals surface area (Å²) in [7, 11) is -3.01. The highest BCUT2D eigenvalue weighted by Crippen LogP contribution is 2.26. The lowest BCUT2D eigenvalue weighted by molar-refractivity contribution is -0.119. The lowest BCUT2D eigenvalue weighted by atomic mass is 10.3. The lowest BCUT2D eigenvalue weighted by Crippen LogP contribution is -2.36. The van der Waals surface area contributed by atoms with Crippen LogP contribution in [0.25, 0.3) is 11.5 Å². The van der Waals surface area contributed by atoms with Gasteiger partial charge in [-0.25, -0.2) is 8.42 Å². The van der Waals surface area contributed by atoms with Crippen molar-refractivity contribution in [1.29, 1.82) is 0 Å². The fourth-order valence-corrected chi connectivity index (χ4v) is 4.54. The van der Waals surface area contributed by atoms with Crippen molar-refractivity contribution >= 4 is 27.5 Å². The average Bonchev–Trinajstić information content (AvgIpc) is 3.17. The lowest BCUT2D eigenvalue weighted by Gasteiger charge is -2.09. The summed E-state index contributed by atoms with van der Waals surface area (Å²) in [6, 6.07) is 1.42. The van der Waals surface area contributed by atoms with Gasteiger partial charge >= 0.3 is 0 Å². The van der Waals surface area contributed by atoms with Gasteiger partial charge in [-0.3, -0.25) is 4.79 Å². The summed E-state index contributed by atoms with van der Waals surface area (Å²) in [5.74, 6) is 0.973. The van der Waals surface area contributed by atoms with Crippen LogP contribution in [0.3, 0.4) is 0 Å². The van der Waals surface area contributed by atoms with Crippen LogP contribution >= 0.6 is 11.8 Å². The van der Waals surface area contributed by atoms with Gasteiger partial charge in [0, 0.05) is 6.04 Å². The Hall–Kier alpha value is -1.81. The second kappa shape index (κ2) is 6.36. The van der Waals surface area contributed by atoms with Crippen LogP contribution in [0.4, 0.5) is 0 Å². The summed E-state index contributed by atoms with van der Waals surface area (Å²) in [4.78, 5) is 11.8. The van der Waals surface area contributed by atoms with Crippen LogP contribution in [0.1, 0.15) is 12.2 Å². The van der Waals surface area contributed by atoms with Crippen LogP contribution in [0.15, 0.2) is 26.4 Å². The third kappa shape index (κ3) is 3.94. The minimum absolute atomic E-state index is 0.00782. The van der Waals surface area contributed by atoms with E-state index in [0.717, 1.165) is 11.8 Å². The van der Waals surface area contributed by atoms with Gasteiger partial charge in [0.15, 0.2) is 9.84 Å². The number of nitrogens with one attached hydrogen (secondary N) is 1. The van der Waals surface area contributed by atoms with Crippen LogP contribution < -0.4 is 5.32 Å². The zero-order valence-electron chi connectivity index (χ0n) is 12.3. The van der Waals surface area contributed by atoms with Crippen molar-refractivity contribution in [2.45, 2.75) is 24.6 Å². The van der Waals surface area contributed by atoms with E-state index in [9.17, 15) is 13.2 Å². The molecule has 0 aliphatic carbocycles. The molecule has 1 N–H and O–H groups in total. The highest BCUT2D eigenvalue weighted by atomic mass is 32.2. The molecule has 1 aliphatic heterocycles. The summed E-state index contributed by atoms with van der Waals surface area (Å²) < 4.78 is 33.3. The highest BCUT2D eigenvalue weighted by molar-refractivity contribution is 7.99. The first-order chi connectivity index (χ1) is 10.9. The largest absolute Gasteiger partial charge is 0.469 e. The summed E-state index contributed by atoms with van der Waals surface area (Å²) >= 11 is 1.10. The second-order valence-corrected chi connectivity index (χ2v) is 8.38. The molecule has 0 spiro atoms. The zero-order chi connectivity index (χ0) is 16.4. The van der Waals surface area contributed by atoms with Gasteiger partial charge in [-0.15, -0.1) is 10.2 Å². The van der Waals surface area contributed by atoms with Gasteiger partial charge in [0.05, 0.1) is 29.1 Å². The molecule has 0 saturated carbocycles. The number of aryl methyl sites for hydroxylation is 1. The number of carbonyl (C=O) groups is 1. The van der Waals surface area contributed by atoms with E-state index in [1.165, 1.54) is 6.26 Å². The van der Waals surface area contributed by atoms with E-state index in [1.807, 2.05) is 0 Å². The van der Waals surface area contributed by atoms with Crippen molar-refractivity contribution in [3.8, 4) is 11.5 Å². The van der Waals surface area contributed by atoms with Crippen molar-refractivity contribution in [2.24, 2.45) is 0 Å². The van der Waals surface area contributed by atoms with Crippen LogP contribution in [-0.2, 0) is 14.6 Å². The van der Waals surface area contributed by atoms with Crippen LogP contribution in [0, 0.1) is 6.92 Å². The molecule has 1 aliphatic rings. The molecule has 1 atom stereocenters. The molecule has 1 saturated heterocycles. The van der Waals surface area contributed by atoms with Crippen LogP contribution in [0.2, 0.25) is 0 Å².